The lowest BCUT2D eigenvalue weighted by Crippen LogP contribution is -1.86. The number of unbranched alkanes of at least 4 members (excludes halogenated alkanes) is 2. The van der Waals surface area contributed by atoms with E-state index < -0.39 is 4.92 Å². The Kier molecular flexibility index (Phi) is 12.7. The average Bonchev–Trinajstić information content (AvgIpc) is 2.64. The molecule has 0 aliphatic rings. The molecule has 0 atom stereocenters. The molecule has 0 saturated carbocycles. The van der Waals surface area contributed by atoms with Crippen LogP contribution in [0.1, 0.15) is 44.2 Å². The minimum atomic E-state index is -0.398. The van der Waals surface area contributed by atoms with Crippen LogP contribution in [0.3, 0.4) is 0 Å². The molecule has 24 heavy (non-hydrogen) atoms. The molecule has 0 unspecified atom stereocenters. The molecule has 0 aliphatic carbocycles. The quantitative estimate of drug-likeness (QED) is 0.445. The standard InChI is InChI=1S/C14H11NO2.C5H12.CH5N/c16-15(17)14-10-8-13(9-11-14)7-6-12-4-2-1-3-5-12;1-3-5-4-2;1-2/h1-11H;3-5H2,1-2H3;2H2,1H3. The molecule has 0 saturated heterocycles. The van der Waals surface area contributed by atoms with Gasteiger partial charge in [0, 0.05) is 12.1 Å². The first kappa shape index (κ1) is 21.5. The lowest BCUT2D eigenvalue weighted by Gasteiger charge is -1.94. The summed E-state index contributed by atoms with van der Waals surface area (Å²) in [5.74, 6) is 0. The predicted octanol–water partition coefficient (Wildman–Crippen LogP) is 5.54. The number of nitrogens with zero attached hydrogens (tertiary/aromatic N) is 1. The van der Waals surface area contributed by atoms with Gasteiger partial charge in [0.05, 0.1) is 4.92 Å². The molecule has 0 aliphatic heterocycles. The second-order valence-electron chi connectivity index (χ2n) is 4.95. The lowest BCUT2D eigenvalue weighted by atomic mass is 10.1. The number of hydrogen-bond donors (Lipinski definition) is 1. The second-order valence-corrected chi connectivity index (χ2v) is 4.95. The van der Waals surface area contributed by atoms with E-state index in [0.29, 0.717) is 0 Å². The molecular formula is C20H28N2O2. The number of hydrogen-bond acceptors (Lipinski definition) is 3. The third kappa shape index (κ3) is 9.54. The van der Waals surface area contributed by atoms with Crippen LogP contribution in [-0.4, -0.2) is 12.0 Å². The highest BCUT2D eigenvalue weighted by Gasteiger charge is 2.01. The van der Waals surface area contributed by atoms with Crippen molar-refractivity contribution in [1.82, 2.24) is 0 Å². The van der Waals surface area contributed by atoms with Gasteiger partial charge in [-0.25, -0.2) is 0 Å². The van der Waals surface area contributed by atoms with E-state index in [-0.39, 0.29) is 5.69 Å². The Balaban J connectivity index is 0.000000650. The monoisotopic (exact) mass is 328 g/mol. The van der Waals surface area contributed by atoms with Crippen LogP contribution < -0.4 is 5.73 Å². The summed E-state index contributed by atoms with van der Waals surface area (Å²) in [5, 5.41) is 10.5. The molecule has 2 aromatic carbocycles. The van der Waals surface area contributed by atoms with E-state index in [4.69, 9.17) is 0 Å². The topological polar surface area (TPSA) is 69.2 Å². The van der Waals surface area contributed by atoms with Gasteiger partial charge in [-0.15, -0.1) is 0 Å². The van der Waals surface area contributed by atoms with Gasteiger partial charge in [0.25, 0.3) is 5.69 Å². The Labute approximate surface area is 145 Å². The zero-order valence-electron chi connectivity index (χ0n) is 14.8. The summed E-state index contributed by atoms with van der Waals surface area (Å²) in [6.07, 6.45) is 7.98. The summed E-state index contributed by atoms with van der Waals surface area (Å²) in [4.78, 5) is 10.1. The average molecular weight is 328 g/mol. The molecule has 2 N–H and O–H groups in total. The first-order valence-electron chi connectivity index (χ1n) is 8.22. The summed E-state index contributed by atoms with van der Waals surface area (Å²) in [7, 11) is 1.50. The van der Waals surface area contributed by atoms with E-state index in [9.17, 15) is 10.1 Å². The fourth-order valence-electron chi connectivity index (χ4n) is 1.82. The Morgan fingerprint density at radius 3 is 1.71 bits per heavy atom. The molecule has 2 aromatic rings. The van der Waals surface area contributed by atoms with Gasteiger partial charge in [0.2, 0.25) is 0 Å². The first-order chi connectivity index (χ1) is 11.7. The van der Waals surface area contributed by atoms with Crippen LogP contribution in [0.4, 0.5) is 5.69 Å². The zero-order valence-corrected chi connectivity index (χ0v) is 14.8. The van der Waals surface area contributed by atoms with E-state index in [0.717, 1.165) is 11.1 Å². The van der Waals surface area contributed by atoms with Gasteiger partial charge < -0.3 is 5.73 Å². The van der Waals surface area contributed by atoms with Crippen molar-refractivity contribution in [1.29, 1.82) is 0 Å². The molecule has 0 aromatic heterocycles. The van der Waals surface area contributed by atoms with Crippen LogP contribution >= 0.6 is 0 Å². The van der Waals surface area contributed by atoms with E-state index in [1.807, 2.05) is 42.5 Å². The molecule has 0 amide bonds. The van der Waals surface area contributed by atoms with Gasteiger partial charge in [-0.1, -0.05) is 75.6 Å². The number of nitrogens with two attached hydrogens (primary N) is 1. The van der Waals surface area contributed by atoms with Crippen LogP contribution in [0, 0.1) is 10.1 Å². The predicted molar refractivity (Wildman–Crippen MR) is 104 cm³/mol. The van der Waals surface area contributed by atoms with Gasteiger partial charge in [-0.2, -0.15) is 0 Å². The summed E-state index contributed by atoms with van der Waals surface area (Å²) < 4.78 is 0. The van der Waals surface area contributed by atoms with Crippen LogP contribution in [-0.2, 0) is 0 Å². The molecule has 4 nitrogen and oxygen atoms in total. The van der Waals surface area contributed by atoms with Crippen molar-refractivity contribution in [3.8, 4) is 0 Å². The molecule has 0 fully saturated rings. The third-order valence-electron chi connectivity index (χ3n) is 3.08. The van der Waals surface area contributed by atoms with Gasteiger partial charge in [0.1, 0.15) is 0 Å². The van der Waals surface area contributed by atoms with Gasteiger partial charge in [-0.3, -0.25) is 10.1 Å². The Hall–Kier alpha value is -2.46. The van der Waals surface area contributed by atoms with Crippen molar-refractivity contribution in [3.05, 3.63) is 75.8 Å². The van der Waals surface area contributed by atoms with Crippen molar-refractivity contribution < 1.29 is 4.92 Å². The summed E-state index contributed by atoms with van der Waals surface area (Å²) >= 11 is 0. The van der Waals surface area contributed by atoms with Crippen LogP contribution in [0.2, 0.25) is 0 Å². The van der Waals surface area contributed by atoms with E-state index in [2.05, 4.69) is 19.6 Å². The smallest absolute Gasteiger partial charge is 0.269 e. The van der Waals surface area contributed by atoms with Gasteiger partial charge in [-0.05, 0) is 30.3 Å². The minimum absolute atomic E-state index is 0.113. The van der Waals surface area contributed by atoms with Crippen molar-refractivity contribution in [2.75, 3.05) is 7.05 Å². The Morgan fingerprint density at radius 1 is 0.875 bits per heavy atom. The van der Waals surface area contributed by atoms with E-state index in [1.54, 1.807) is 12.1 Å². The zero-order chi connectivity index (χ0) is 18.2. The molecule has 0 bridgehead atoms. The maximum Gasteiger partial charge on any atom is 0.269 e. The number of benzene rings is 2. The van der Waals surface area contributed by atoms with Gasteiger partial charge >= 0.3 is 0 Å². The lowest BCUT2D eigenvalue weighted by molar-refractivity contribution is -0.384. The molecule has 0 spiro atoms. The Morgan fingerprint density at radius 2 is 1.33 bits per heavy atom. The highest BCUT2D eigenvalue weighted by Crippen LogP contribution is 2.14. The maximum atomic E-state index is 10.5. The molecule has 0 heterocycles. The number of rotatable bonds is 5. The minimum Gasteiger partial charge on any atom is -0.333 e. The number of nitro groups is 1. The summed E-state index contributed by atoms with van der Waals surface area (Å²) in [6.45, 7) is 4.42. The fraction of sp³-hybridized carbons (Fsp3) is 0.300. The third-order valence-corrected chi connectivity index (χ3v) is 3.08. The first-order valence-corrected chi connectivity index (χ1v) is 8.22. The SMILES string of the molecule is CCCCC.CN.O=[N+]([O-])c1ccc(C=Cc2ccccc2)cc1. The van der Waals surface area contributed by atoms with E-state index in [1.165, 1.54) is 38.4 Å². The summed E-state index contributed by atoms with van der Waals surface area (Å²) in [6, 6.07) is 16.4. The second kappa shape index (κ2) is 14.2. The fourth-order valence-corrected chi connectivity index (χ4v) is 1.82. The Bertz CT molecular complexity index is 576. The summed E-state index contributed by atoms with van der Waals surface area (Å²) in [5.41, 5.74) is 6.66. The molecule has 4 heteroatoms. The molecular weight excluding hydrogens is 300 g/mol. The number of nitro benzene ring substituents is 1. The van der Waals surface area contributed by atoms with Crippen molar-refractivity contribution in [3.63, 3.8) is 0 Å². The normalized spacial score (nSPS) is 9.50. The maximum absolute atomic E-state index is 10.5. The molecule has 0 radical (unpaired) electrons. The van der Waals surface area contributed by atoms with Crippen molar-refractivity contribution >= 4 is 17.8 Å². The molecule has 130 valence electrons. The molecule has 2 rings (SSSR count). The highest BCUT2D eigenvalue weighted by atomic mass is 16.6. The van der Waals surface area contributed by atoms with E-state index >= 15 is 0 Å². The van der Waals surface area contributed by atoms with Crippen LogP contribution in [0.5, 0.6) is 0 Å². The van der Waals surface area contributed by atoms with Crippen LogP contribution in [0.25, 0.3) is 12.2 Å². The van der Waals surface area contributed by atoms with Crippen molar-refractivity contribution in [2.24, 2.45) is 5.73 Å². The van der Waals surface area contributed by atoms with Crippen LogP contribution in [0.15, 0.2) is 54.6 Å². The van der Waals surface area contributed by atoms with Crippen molar-refractivity contribution in [2.45, 2.75) is 33.1 Å². The number of non-ortho nitro benzene ring substituents is 1. The largest absolute Gasteiger partial charge is 0.333 e. The van der Waals surface area contributed by atoms with Gasteiger partial charge in [0.15, 0.2) is 0 Å². The highest BCUT2D eigenvalue weighted by molar-refractivity contribution is 5.69.